The quantitative estimate of drug-likeness (QED) is 0.770. The minimum Gasteiger partial charge on any atom is -0.303 e. The van der Waals surface area contributed by atoms with E-state index in [0.29, 0.717) is 8.81 Å². The lowest BCUT2D eigenvalue weighted by Gasteiger charge is -2.31. The van der Waals surface area contributed by atoms with Gasteiger partial charge in [0, 0.05) is 6.04 Å². The van der Waals surface area contributed by atoms with E-state index in [0.717, 1.165) is 43.8 Å². The third kappa shape index (κ3) is 4.91. The largest absolute Gasteiger partial charge is 0.303 e. The zero-order chi connectivity index (χ0) is 15.5. The van der Waals surface area contributed by atoms with Gasteiger partial charge in [0.2, 0.25) is 10.0 Å². The van der Waals surface area contributed by atoms with E-state index in [1.807, 2.05) is 0 Å². The van der Waals surface area contributed by atoms with Crippen molar-refractivity contribution < 1.29 is 8.42 Å². The number of thiophene rings is 1. The van der Waals surface area contributed by atoms with Crippen molar-refractivity contribution in [2.75, 3.05) is 19.6 Å². The Morgan fingerprint density at radius 2 is 2.14 bits per heavy atom. The number of nitrogens with zero attached hydrogens (tertiary/aromatic N) is 1. The molecule has 120 valence electrons. The van der Waals surface area contributed by atoms with Gasteiger partial charge in [0.05, 0.1) is 8.81 Å². The molecule has 0 aliphatic carbocycles. The molecule has 0 bridgehead atoms. The number of nitrogens with one attached hydrogen (secondary N) is 1. The van der Waals surface area contributed by atoms with Crippen LogP contribution in [-0.2, 0) is 10.0 Å². The molecule has 0 radical (unpaired) electrons. The van der Waals surface area contributed by atoms with Gasteiger partial charge in [-0.15, -0.1) is 11.3 Å². The highest BCUT2D eigenvalue weighted by Crippen LogP contribution is 2.34. The SMILES string of the molecule is CCCCN1CCC(NS(=O)(=O)c2cc(Cl)c(Br)s2)CC1. The van der Waals surface area contributed by atoms with E-state index in [1.54, 1.807) is 0 Å². The summed E-state index contributed by atoms with van der Waals surface area (Å²) < 4.78 is 28.4. The fourth-order valence-electron chi connectivity index (χ4n) is 2.39. The molecule has 21 heavy (non-hydrogen) atoms. The Kier molecular flexibility index (Phi) is 6.52. The van der Waals surface area contributed by atoms with E-state index in [1.165, 1.54) is 18.9 Å². The number of halogens is 2. The van der Waals surface area contributed by atoms with Crippen molar-refractivity contribution >= 4 is 48.9 Å². The monoisotopic (exact) mass is 414 g/mol. The molecular formula is C13H20BrClN2O2S2. The molecule has 0 saturated carbocycles. The van der Waals surface area contributed by atoms with Crippen molar-refractivity contribution in [3.05, 3.63) is 14.9 Å². The van der Waals surface area contributed by atoms with Crippen LogP contribution in [-0.4, -0.2) is 39.0 Å². The molecule has 0 amide bonds. The van der Waals surface area contributed by atoms with Gasteiger partial charge < -0.3 is 4.90 Å². The van der Waals surface area contributed by atoms with Gasteiger partial charge in [0.15, 0.2) is 0 Å². The van der Waals surface area contributed by atoms with Crippen LogP contribution in [0.4, 0.5) is 0 Å². The molecule has 0 spiro atoms. The van der Waals surface area contributed by atoms with E-state index in [-0.39, 0.29) is 10.3 Å². The fourth-order valence-corrected chi connectivity index (χ4v) is 6.11. The Morgan fingerprint density at radius 1 is 1.48 bits per heavy atom. The Balaban J connectivity index is 1.90. The number of hydrogen-bond donors (Lipinski definition) is 1. The summed E-state index contributed by atoms with van der Waals surface area (Å²) in [5, 5.41) is 0.440. The lowest BCUT2D eigenvalue weighted by molar-refractivity contribution is 0.205. The van der Waals surface area contributed by atoms with Crippen molar-refractivity contribution in [2.24, 2.45) is 0 Å². The summed E-state index contributed by atoms with van der Waals surface area (Å²) in [7, 11) is -3.46. The van der Waals surface area contributed by atoms with Crippen molar-refractivity contribution in [3.63, 3.8) is 0 Å². The predicted molar refractivity (Wildman–Crippen MR) is 91.7 cm³/mol. The van der Waals surface area contributed by atoms with E-state index in [4.69, 9.17) is 11.6 Å². The second-order valence-electron chi connectivity index (χ2n) is 5.28. The summed E-state index contributed by atoms with van der Waals surface area (Å²) in [4.78, 5) is 2.41. The third-order valence-corrected chi connectivity index (χ3v) is 8.09. The predicted octanol–water partition coefficient (Wildman–Crippen LogP) is 3.71. The average molecular weight is 416 g/mol. The van der Waals surface area contributed by atoms with Gasteiger partial charge in [-0.25, -0.2) is 13.1 Å². The molecule has 2 rings (SSSR count). The van der Waals surface area contributed by atoms with Gasteiger partial charge in [0.25, 0.3) is 0 Å². The maximum Gasteiger partial charge on any atom is 0.250 e. The highest BCUT2D eigenvalue weighted by molar-refractivity contribution is 9.11. The van der Waals surface area contributed by atoms with Crippen molar-refractivity contribution in [2.45, 2.75) is 42.9 Å². The van der Waals surface area contributed by atoms with Gasteiger partial charge in [-0.05, 0) is 60.9 Å². The third-order valence-electron chi connectivity index (χ3n) is 3.62. The minimum atomic E-state index is -3.46. The molecule has 0 unspecified atom stereocenters. The lowest BCUT2D eigenvalue weighted by Crippen LogP contribution is -2.44. The second-order valence-corrected chi connectivity index (χ2v) is 10.00. The molecule has 1 saturated heterocycles. The number of rotatable bonds is 6. The Hall–Kier alpha value is 0.340. The van der Waals surface area contributed by atoms with Crippen molar-refractivity contribution in [1.82, 2.24) is 9.62 Å². The lowest BCUT2D eigenvalue weighted by atomic mass is 10.1. The first kappa shape index (κ1) is 17.7. The first-order valence-corrected chi connectivity index (χ1v) is 10.6. The molecule has 1 aliphatic heterocycles. The smallest absolute Gasteiger partial charge is 0.250 e. The summed E-state index contributed by atoms with van der Waals surface area (Å²) in [6.45, 7) is 5.22. The van der Waals surface area contributed by atoms with Crippen LogP contribution < -0.4 is 4.72 Å². The van der Waals surface area contributed by atoms with Crippen LogP contribution in [0.25, 0.3) is 0 Å². The van der Waals surface area contributed by atoms with Crippen LogP contribution in [0.5, 0.6) is 0 Å². The van der Waals surface area contributed by atoms with Crippen LogP contribution in [0.15, 0.2) is 14.1 Å². The molecule has 0 aromatic carbocycles. The molecule has 4 nitrogen and oxygen atoms in total. The van der Waals surface area contributed by atoms with Crippen LogP contribution >= 0.6 is 38.9 Å². The Bertz CT molecular complexity index is 549. The molecule has 1 aromatic heterocycles. The first-order valence-electron chi connectivity index (χ1n) is 7.12. The van der Waals surface area contributed by atoms with E-state index >= 15 is 0 Å². The molecular weight excluding hydrogens is 396 g/mol. The molecule has 0 atom stereocenters. The summed E-state index contributed by atoms with van der Waals surface area (Å²) in [6.07, 6.45) is 4.13. The zero-order valence-electron chi connectivity index (χ0n) is 11.9. The summed E-state index contributed by atoms with van der Waals surface area (Å²) >= 11 is 10.3. The molecule has 2 heterocycles. The van der Waals surface area contributed by atoms with Gasteiger partial charge in [-0.1, -0.05) is 24.9 Å². The highest BCUT2D eigenvalue weighted by atomic mass is 79.9. The van der Waals surface area contributed by atoms with Crippen molar-refractivity contribution in [3.8, 4) is 0 Å². The van der Waals surface area contributed by atoms with Gasteiger partial charge >= 0.3 is 0 Å². The van der Waals surface area contributed by atoms with E-state index < -0.39 is 10.0 Å². The normalized spacial score (nSPS) is 18.2. The topological polar surface area (TPSA) is 49.4 Å². The summed E-state index contributed by atoms with van der Waals surface area (Å²) in [6, 6.07) is 1.52. The molecule has 1 N–H and O–H groups in total. The number of sulfonamides is 1. The minimum absolute atomic E-state index is 0.0209. The Morgan fingerprint density at radius 3 is 2.67 bits per heavy atom. The number of piperidine rings is 1. The average Bonchev–Trinajstić information content (AvgIpc) is 2.78. The Labute approximate surface area is 144 Å². The first-order chi connectivity index (χ1) is 9.92. The number of unbranched alkanes of at least 4 members (excludes halogenated alkanes) is 1. The molecule has 1 aliphatic rings. The van der Waals surface area contributed by atoms with Gasteiger partial charge in [-0.3, -0.25) is 0 Å². The maximum atomic E-state index is 12.3. The maximum absolute atomic E-state index is 12.3. The summed E-state index contributed by atoms with van der Waals surface area (Å²) in [5.74, 6) is 0. The van der Waals surface area contributed by atoms with Crippen LogP contribution in [0.2, 0.25) is 5.02 Å². The second kappa shape index (κ2) is 7.75. The number of likely N-dealkylation sites (tertiary alicyclic amines) is 1. The molecule has 1 aromatic rings. The van der Waals surface area contributed by atoms with Gasteiger partial charge in [0.1, 0.15) is 4.21 Å². The number of hydrogen-bond acceptors (Lipinski definition) is 4. The van der Waals surface area contributed by atoms with E-state index in [9.17, 15) is 8.42 Å². The fraction of sp³-hybridized carbons (Fsp3) is 0.692. The van der Waals surface area contributed by atoms with Crippen LogP contribution in [0.3, 0.4) is 0 Å². The van der Waals surface area contributed by atoms with Crippen LogP contribution in [0, 0.1) is 0 Å². The molecule has 8 heteroatoms. The van der Waals surface area contributed by atoms with E-state index in [2.05, 4.69) is 32.5 Å². The van der Waals surface area contributed by atoms with Crippen molar-refractivity contribution in [1.29, 1.82) is 0 Å². The zero-order valence-corrected chi connectivity index (χ0v) is 15.9. The standard InChI is InChI=1S/C13H20BrClN2O2S2/c1-2-3-6-17-7-4-10(5-8-17)16-21(18,19)12-9-11(15)13(14)20-12/h9-10,16H,2-8H2,1H3. The highest BCUT2D eigenvalue weighted by Gasteiger charge is 2.26. The van der Waals surface area contributed by atoms with Gasteiger partial charge in [-0.2, -0.15) is 0 Å². The summed E-state index contributed by atoms with van der Waals surface area (Å²) in [5.41, 5.74) is 0. The molecule has 1 fully saturated rings. The van der Waals surface area contributed by atoms with Crippen LogP contribution in [0.1, 0.15) is 32.6 Å².